The number of benzene rings is 1. The standard InChI is InChI=1S/C24H29NO5/c1-12(2)30-24(28)19-15(5)25-17-11-14(4)18(23(27)29-6)22(26)21(17)20(19)16-9-7-13(3)8-10-16/h7-10,12,14,18,20-21H,11H2,1-6H3/t14-,18-,20-,21?/m0/s1. The van der Waals surface area contributed by atoms with Gasteiger partial charge in [0.1, 0.15) is 5.92 Å². The van der Waals surface area contributed by atoms with E-state index in [2.05, 4.69) is 4.99 Å². The summed E-state index contributed by atoms with van der Waals surface area (Å²) in [5, 5.41) is 0. The van der Waals surface area contributed by atoms with E-state index in [4.69, 9.17) is 9.47 Å². The molecule has 6 nitrogen and oxygen atoms in total. The number of carbonyl (C=O) groups is 3. The third-order valence-corrected chi connectivity index (χ3v) is 5.87. The highest BCUT2D eigenvalue weighted by atomic mass is 16.5. The van der Waals surface area contributed by atoms with Gasteiger partial charge in [-0.3, -0.25) is 14.6 Å². The summed E-state index contributed by atoms with van der Waals surface area (Å²) < 4.78 is 10.4. The number of esters is 2. The Morgan fingerprint density at radius 2 is 1.73 bits per heavy atom. The highest BCUT2D eigenvalue weighted by molar-refractivity contribution is 6.17. The van der Waals surface area contributed by atoms with Crippen molar-refractivity contribution in [3.8, 4) is 0 Å². The fourth-order valence-corrected chi connectivity index (χ4v) is 4.51. The van der Waals surface area contributed by atoms with Crippen molar-refractivity contribution in [1.82, 2.24) is 0 Å². The first-order chi connectivity index (χ1) is 14.1. The predicted octanol–water partition coefficient (Wildman–Crippen LogP) is 3.77. The van der Waals surface area contributed by atoms with E-state index in [9.17, 15) is 14.4 Å². The zero-order valence-corrected chi connectivity index (χ0v) is 18.4. The van der Waals surface area contributed by atoms with Gasteiger partial charge in [0.25, 0.3) is 0 Å². The molecule has 0 saturated heterocycles. The topological polar surface area (TPSA) is 82.0 Å². The number of aliphatic imine (C=N–C) groups is 1. The van der Waals surface area contributed by atoms with Crippen LogP contribution in [0.2, 0.25) is 0 Å². The maximum Gasteiger partial charge on any atom is 0.336 e. The second-order valence-electron chi connectivity index (χ2n) is 8.51. The van der Waals surface area contributed by atoms with Crippen LogP contribution in [0.15, 0.2) is 40.5 Å². The Hall–Kier alpha value is -2.76. The minimum atomic E-state index is -0.868. The van der Waals surface area contributed by atoms with Gasteiger partial charge in [-0.2, -0.15) is 0 Å². The lowest BCUT2D eigenvalue weighted by Crippen LogP contribution is -2.48. The molecule has 1 aromatic carbocycles. The maximum atomic E-state index is 13.6. The number of allylic oxidation sites excluding steroid dienone is 1. The molecule has 1 fully saturated rings. The number of rotatable bonds is 4. The van der Waals surface area contributed by atoms with E-state index in [1.165, 1.54) is 7.11 Å². The van der Waals surface area contributed by atoms with Crippen LogP contribution in [0.25, 0.3) is 0 Å². The molecule has 0 N–H and O–H groups in total. The van der Waals surface area contributed by atoms with Crippen molar-refractivity contribution in [2.75, 3.05) is 7.11 Å². The molecule has 1 aliphatic carbocycles. The monoisotopic (exact) mass is 411 g/mol. The normalized spacial score (nSPS) is 26.2. The van der Waals surface area contributed by atoms with Crippen LogP contribution < -0.4 is 0 Å². The first-order valence-electron chi connectivity index (χ1n) is 10.3. The number of methoxy groups -OCH3 is 1. The van der Waals surface area contributed by atoms with E-state index in [0.717, 1.165) is 16.8 Å². The molecule has 1 aromatic rings. The van der Waals surface area contributed by atoms with Crippen molar-refractivity contribution in [2.24, 2.45) is 22.7 Å². The molecule has 0 radical (unpaired) electrons. The van der Waals surface area contributed by atoms with Crippen LogP contribution in [0.1, 0.15) is 51.2 Å². The lowest BCUT2D eigenvalue weighted by atomic mass is 9.63. The van der Waals surface area contributed by atoms with Gasteiger partial charge in [0.2, 0.25) is 0 Å². The van der Waals surface area contributed by atoms with Crippen LogP contribution >= 0.6 is 0 Å². The summed E-state index contributed by atoms with van der Waals surface area (Å²) in [5.74, 6) is -3.57. The highest BCUT2D eigenvalue weighted by Crippen LogP contribution is 2.45. The summed E-state index contributed by atoms with van der Waals surface area (Å²) in [4.78, 5) is 43.6. The van der Waals surface area contributed by atoms with Crippen LogP contribution in [0, 0.1) is 24.7 Å². The Balaban J connectivity index is 2.16. The van der Waals surface area contributed by atoms with Gasteiger partial charge in [0.15, 0.2) is 5.78 Å². The quantitative estimate of drug-likeness (QED) is 0.556. The van der Waals surface area contributed by atoms with Crippen molar-refractivity contribution in [2.45, 2.75) is 53.1 Å². The number of Topliss-reactive ketones (excluding diaryl/α,β-unsaturated/α-hetero) is 1. The zero-order chi connectivity index (χ0) is 22.2. The van der Waals surface area contributed by atoms with E-state index in [0.29, 0.717) is 17.7 Å². The summed E-state index contributed by atoms with van der Waals surface area (Å²) in [7, 11) is 1.29. The molecule has 4 atom stereocenters. The van der Waals surface area contributed by atoms with Gasteiger partial charge in [-0.25, -0.2) is 4.79 Å². The smallest absolute Gasteiger partial charge is 0.336 e. The summed E-state index contributed by atoms with van der Waals surface area (Å²) in [6, 6.07) is 7.76. The van der Waals surface area contributed by atoms with Crippen molar-refractivity contribution < 1.29 is 23.9 Å². The van der Waals surface area contributed by atoms with Crippen LogP contribution in [-0.2, 0) is 23.9 Å². The van der Waals surface area contributed by atoms with Gasteiger partial charge in [0.05, 0.1) is 24.7 Å². The fourth-order valence-electron chi connectivity index (χ4n) is 4.51. The van der Waals surface area contributed by atoms with Crippen molar-refractivity contribution in [3.05, 3.63) is 46.7 Å². The SMILES string of the molecule is COC(=O)[C@@H]1C(=O)C2C(=NC(C)=C(C(=O)OC(C)C)[C@@H]2c2ccc(C)cc2)C[C@@H]1C. The Morgan fingerprint density at radius 1 is 1.10 bits per heavy atom. The molecule has 3 rings (SSSR count). The highest BCUT2D eigenvalue weighted by Gasteiger charge is 2.51. The lowest BCUT2D eigenvalue weighted by Gasteiger charge is -2.40. The molecule has 1 unspecified atom stereocenters. The van der Waals surface area contributed by atoms with Gasteiger partial charge in [-0.05, 0) is 45.6 Å². The molecule has 6 heteroatoms. The number of nitrogens with zero attached hydrogens (tertiary/aromatic N) is 1. The van der Waals surface area contributed by atoms with E-state index < -0.39 is 29.7 Å². The first-order valence-corrected chi connectivity index (χ1v) is 10.3. The molecule has 1 aliphatic heterocycles. The minimum Gasteiger partial charge on any atom is -0.468 e. The third-order valence-electron chi connectivity index (χ3n) is 5.87. The van der Waals surface area contributed by atoms with Gasteiger partial charge < -0.3 is 9.47 Å². The van der Waals surface area contributed by atoms with E-state index in [1.54, 1.807) is 20.8 Å². The maximum absolute atomic E-state index is 13.6. The molecule has 2 aliphatic rings. The van der Waals surface area contributed by atoms with E-state index in [1.807, 2.05) is 38.1 Å². The van der Waals surface area contributed by atoms with Crippen molar-refractivity contribution in [1.29, 1.82) is 0 Å². The number of ketones is 1. The molecule has 30 heavy (non-hydrogen) atoms. The molecule has 0 amide bonds. The number of carbonyl (C=O) groups excluding carboxylic acids is 3. The molecule has 1 heterocycles. The molecular formula is C24H29NO5. The summed E-state index contributed by atoms with van der Waals surface area (Å²) in [5.41, 5.74) is 3.57. The molecule has 0 bridgehead atoms. The second-order valence-corrected chi connectivity index (χ2v) is 8.51. The first kappa shape index (κ1) is 21.9. The van der Waals surface area contributed by atoms with Crippen LogP contribution in [0.4, 0.5) is 0 Å². The predicted molar refractivity (Wildman–Crippen MR) is 113 cm³/mol. The van der Waals surface area contributed by atoms with Gasteiger partial charge in [0, 0.05) is 17.3 Å². The van der Waals surface area contributed by atoms with Crippen LogP contribution in [0.5, 0.6) is 0 Å². The van der Waals surface area contributed by atoms with E-state index in [-0.39, 0.29) is 17.8 Å². The molecule has 160 valence electrons. The van der Waals surface area contributed by atoms with Gasteiger partial charge in [-0.15, -0.1) is 0 Å². The molecule has 0 spiro atoms. The number of fused-ring (bicyclic) bond motifs is 1. The van der Waals surface area contributed by atoms with Crippen molar-refractivity contribution in [3.63, 3.8) is 0 Å². The Kier molecular flexibility index (Phi) is 6.25. The summed E-state index contributed by atoms with van der Waals surface area (Å²) in [6.07, 6.45) is 0.203. The number of hydrogen-bond donors (Lipinski definition) is 0. The Morgan fingerprint density at radius 3 is 2.30 bits per heavy atom. The number of aryl methyl sites for hydroxylation is 1. The van der Waals surface area contributed by atoms with Gasteiger partial charge in [-0.1, -0.05) is 36.8 Å². The molecule has 1 saturated carbocycles. The minimum absolute atomic E-state index is 0.212. The Bertz CT molecular complexity index is 925. The lowest BCUT2D eigenvalue weighted by molar-refractivity contribution is -0.152. The fraction of sp³-hybridized carbons (Fsp3) is 0.500. The largest absolute Gasteiger partial charge is 0.468 e. The number of hydrogen-bond acceptors (Lipinski definition) is 6. The third kappa shape index (κ3) is 3.95. The average Bonchev–Trinajstić information content (AvgIpc) is 2.66. The average molecular weight is 411 g/mol. The Labute approximate surface area is 177 Å². The molecular weight excluding hydrogens is 382 g/mol. The van der Waals surface area contributed by atoms with Gasteiger partial charge >= 0.3 is 11.9 Å². The molecule has 0 aromatic heterocycles. The number of ether oxygens (including phenoxy) is 2. The van der Waals surface area contributed by atoms with Crippen molar-refractivity contribution >= 4 is 23.4 Å². The second kappa shape index (κ2) is 8.54. The zero-order valence-electron chi connectivity index (χ0n) is 18.4. The van der Waals surface area contributed by atoms with Crippen LogP contribution in [-0.4, -0.2) is 36.6 Å². The van der Waals surface area contributed by atoms with E-state index >= 15 is 0 Å². The van der Waals surface area contributed by atoms with Crippen LogP contribution in [0.3, 0.4) is 0 Å². The summed E-state index contributed by atoms with van der Waals surface area (Å²) in [6.45, 7) is 9.19. The summed E-state index contributed by atoms with van der Waals surface area (Å²) >= 11 is 0.